The predicted molar refractivity (Wildman–Crippen MR) is 194 cm³/mol. The molecule has 5 rings (SSSR count). The summed E-state index contributed by atoms with van der Waals surface area (Å²) in [5.41, 5.74) is 1.04. The molecule has 1 heterocycles. The molecule has 4 atom stereocenters. The first-order valence-corrected chi connectivity index (χ1v) is 19.1. The van der Waals surface area contributed by atoms with E-state index in [0.717, 1.165) is 35.2 Å². The van der Waals surface area contributed by atoms with Gasteiger partial charge in [0.05, 0.1) is 6.10 Å². The molecule has 3 N–H and O–H groups in total. The SMILES string of the molecule is C=C1C[C@H](O)[C@H](C/C=C\CCCC(=O)O)[C@H]1/C=C/[C@@H](CC(C)(C)[Si](O)(c1ccccc1)c1ccccc1)c1cc2ccccc2s1. The van der Waals surface area contributed by atoms with Gasteiger partial charge in [0.1, 0.15) is 0 Å². The average Bonchev–Trinajstić information content (AvgIpc) is 3.60. The summed E-state index contributed by atoms with van der Waals surface area (Å²) in [6, 6.07) is 31.2. The van der Waals surface area contributed by atoms with Crippen LogP contribution in [0, 0.1) is 11.8 Å². The van der Waals surface area contributed by atoms with E-state index in [9.17, 15) is 14.7 Å². The Hall–Kier alpha value is -3.55. The summed E-state index contributed by atoms with van der Waals surface area (Å²) in [4.78, 5) is 25.0. The van der Waals surface area contributed by atoms with Crippen molar-refractivity contribution in [1.82, 2.24) is 0 Å². The lowest BCUT2D eigenvalue weighted by Gasteiger charge is -2.42. The fraction of sp³-hybridized carbons (Fsp3) is 0.325. The summed E-state index contributed by atoms with van der Waals surface area (Å²) in [6.07, 6.45) is 11.8. The van der Waals surface area contributed by atoms with Crippen LogP contribution in [0.5, 0.6) is 0 Å². The number of aliphatic hydroxyl groups excluding tert-OH is 1. The van der Waals surface area contributed by atoms with E-state index in [1.165, 1.54) is 15.0 Å². The molecule has 1 aliphatic carbocycles. The summed E-state index contributed by atoms with van der Waals surface area (Å²) in [5, 5.41) is 22.7. The largest absolute Gasteiger partial charge is 0.481 e. The second kappa shape index (κ2) is 14.9. The van der Waals surface area contributed by atoms with E-state index >= 15 is 0 Å². The van der Waals surface area contributed by atoms with Gasteiger partial charge in [-0.1, -0.05) is 129 Å². The molecule has 4 nitrogen and oxygen atoms in total. The van der Waals surface area contributed by atoms with Gasteiger partial charge in [0, 0.05) is 27.8 Å². The van der Waals surface area contributed by atoms with Crippen LogP contribution in [0.25, 0.3) is 10.1 Å². The molecule has 0 unspecified atom stereocenters. The van der Waals surface area contributed by atoms with Crippen LogP contribution in [0.2, 0.25) is 5.04 Å². The molecule has 46 heavy (non-hydrogen) atoms. The van der Waals surface area contributed by atoms with Crippen LogP contribution in [0.3, 0.4) is 0 Å². The molecule has 1 aromatic heterocycles. The second-order valence-corrected chi connectivity index (χ2v) is 18.4. The van der Waals surface area contributed by atoms with E-state index in [0.29, 0.717) is 12.8 Å². The fourth-order valence-electron chi connectivity index (χ4n) is 7.13. The number of thiophene rings is 1. The Kier molecular flexibility index (Phi) is 11.0. The molecule has 1 saturated carbocycles. The summed E-state index contributed by atoms with van der Waals surface area (Å²) >= 11 is 1.81. The van der Waals surface area contributed by atoms with Crippen molar-refractivity contribution in [1.29, 1.82) is 0 Å². The molecular weight excluding hydrogens is 605 g/mol. The molecule has 4 aromatic rings. The van der Waals surface area contributed by atoms with Crippen LogP contribution in [-0.4, -0.2) is 35.4 Å². The average molecular weight is 651 g/mol. The highest BCUT2D eigenvalue weighted by molar-refractivity contribution is 7.19. The first kappa shape index (κ1) is 33.8. The number of hydrogen-bond acceptors (Lipinski definition) is 4. The normalized spacial score (nSPS) is 19.8. The van der Waals surface area contributed by atoms with Gasteiger partial charge in [0.25, 0.3) is 8.32 Å². The molecule has 0 spiro atoms. The number of carboxylic acids is 1. The van der Waals surface area contributed by atoms with Crippen molar-refractivity contribution in [2.24, 2.45) is 11.8 Å². The third-order valence-corrected chi connectivity index (χ3v) is 15.4. The van der Waals surface area contributed by atoms with Gasteiger partial charge < -0.3 is 15.0 Å². The van der Waals surface area contributed by atoms with Crippen molar-refractivity contribution in [3.63, 3.8) is 0 Å². The Labute approximate surface area is 278 Å². The minimum absolute atomic E-state index is 0.0236. The van der Waals surface area contributed by atoms with Gasteiger partial charge in [-0.2, -0.15) is 0 Å². The maximum absolute atomic E-state index is 12.9. The quantitative estimate of drug-likeness (QED) is 0.0730. The number of benzene rings is 3. The van der Waals surface area contributed by atoms with Crippen LogP contribution < -0.4 is 10.4 Å². The van der Waals surface area contributed by atoms with Gasteiger partial charge in [-0.3, -0.25) is 4.79 Å². The number of unbranched alkanes of at least 4 members (excludes halogenated alkanes) is 1. The molecule has 1 fully saturated rings. The Morgan fingerprint density at radius 3 is 2.26 bits per heavy atom. The molecule has 1 aliphatic rings. The lowest BCUT2D eigenvalue weighted by atomic mass is 9.87. The maximum Gasteiger partial charge on any atom is 0.303 e. The van der Waals surface area contributed by atoms with Gasteiger partial charge in [-0.05, 0) is 71.0 Å². The summed E-state index contributed by atoms with van der Waals surface area (Å²) < 4.78 is 1.25. The molecule has 0 aliphatic heterocycles. The highest BCUT2D eigenvalue weighted by atomic mass is 32.1. The standard InChI is InChI=1S/C40H46O4SSi/c1-29-26-36(41)35(21-12-4-5-13-23-39(42)43)34(29)25-24-31(38-27-30-16-14-15-22-37(30)45-38)28-40(2,3)46(44,32-17-8-6-9-18-32)33-19-10-7-11-20-33/h4,6-12,14-20,22,24-25,27,31,34-36,41,44H,1,5,13,21,23,26,28H2,2-3H3,(H,42,43)/b12-4-,25-24+/t31-,34-,35+,36-/m0/s1. The Morgan fingerprint density at radius 2 is 1.63 bits per heavy atom. The van der Waals surface area contributed by atoms with Crippen molar-refractivity contribution < 1.29 is 19.8 Å². The molecular formula is C40H46O4SSi. The maximum atomic E-state index is 12.9. The molecule has 6 heteroatoms. The minimum atomic E-state index is -3.23. The van der Waals surface area contributed by atoms with Crippen molar-refractivity contribution in [3.05, 3.63) is 132 Å². The number of aliphatic carboxylic acids is 1. The third-order valence-electron chi connectivity index (χ3n) is 9.69. The monoisotopic (exact) mass is 650 g/mol. The van der Waals surface area contributed by atoms with Gasteiger partial charge >= 0.3 is 5.97 Å². The minimum Gasteiger partial charge on any atom is -0.481 e. The first-order chi connectivity index (χ1) is 22.1. The number of allylic oxidation sites excluding steroid dienone is 4. The van der Waals surface area contributed by atoms with Crippen LogP contribution in [-0.2, 0) is 4.79 Å². The van der Waals surface area contributed by atoms with Gasteiger partial charge in [-0.15, -0.1) is 11.3 Å². The van der Waals surface area contributed by atoms with E-state index in [1.54, 1.807) is 0 Å². The number of fused-ring (bicyclic) bond motifs is 1. The van der Waals surface area contributed by atoms with E-state index in [4.69, 9.17) is 5.11 Å². The van der Waals surface area contributed by atoms with Crippen LogP contribution in [0.4, 0.5) is 0 Å². The van der Waals surface area contributed by atoms with Gasteiger partial charge in [0.2, 0.25) is 0 Å². The van der Waals surface area contributed by atoms with Crippen LogP contribution >= 0.6 is 11.3 Å². The number of carbonyl (C=O) groups is 1. The zero-order valence-electron chi connectivity index (χ0n) is 26.9. The smallest absolute Gasteiger partial charge is 0.303 e. The van der Waals surface area contributed by atoms with Crippen molar-refractivity contribution in [2.45, 2.75) is 69.4 Å². The van der Waals surface area contributed by atoms with E-state index in [2.05, 4.69) is 93.3 Å². The molecule has 0 radical (unpaired) electrons. The molecule has 3 aromatic carbocycles. The second-order valence-electron chi connectivity index (χ2n) is 13.3. The summed E-state index contributed by atoms with van der Waals surface area (Å²) in [5.74, 6) is -0.656. The van der Waals surface area contributed by atoms with Crippen molar-refractivity contribution in [2.75, 3.05) is 0 Å². The highest BCUT2D eigenvalue weighted by Crippen LogP contribution is 2.47. The van der Waals surface area contributed by atoms with Gasteiger partial charge in [-0.25, -0.2) is 0 Å². The topological polar surface area (TPSA) is 77.8 Å². The van der Waals surface area contributed by atoms with E-state index < -0.39 is 25.4 Å². The van der Waals surface area contributed by atoms with Crippen LogP contribution in [0.1, 0.15) is 63.2 Å². The molecule has 0 amide bonds. The fourth-order valence-corrected chi connectivity index (χ4v) is 12.0. The molecule has 0 bridgehead atoms. The predicted octanol–water partition coefficient (Wildman–Crippen LogP) is 8.22. The first-order valence-electron chi connectivity index (χ1n) is 16.3. The summed E-state index contributed by atoms with van der Waals surface area (Å²) in [6.45, 7) is 8.81. The lowest BCUT2D eigenvalue weighted by molar-refractivity contribution is -0.137. The Morgan fingerprint density at radius 1 is 1.00 bits per heavy atom. The molecule has 240 valence electrons. The van der Waals surface area contributed by atoms with Crippen molar-refractivity contribution in [3.8, 4) is 0 Å². The third kappa shape index (κ3) is 7.53. The number of aliphatic hydroxyl groups is 1. The van der Waals surface area contributed by atoms with Crippen LogP contribution in [0.15, 0.2) is 127 Å². The zero-order chi connectivity index (χ0) is 32.7. The summed E-state index contributed by atoms with van der Waals surface area (Å²) in [7, 11) is -3.23. The molecule has 0 saturated heterocycles. The van der Waals surface area contributed by atoms with E-state index in [-0.39, 0.29) is 24.2 Å². The Balaban J connectivity index is 1.48. The van der Waals surface area contributed by atoms with Gasteiger partial charge in [0.15, 0.2) is 0 Å². The Bertz CT molecular complexity index is 1600. The lowest BCUT2D eigenvalue weighted by Crippen LogP contribution is -2.65. The zero-order valence-corrected chi connectivity index (χ0v) is 28.7. The number of hydrogen-bond donors (Lipinski definition) is 3. The highest BCUT2D eigenvalue weighted by Gasteiger charge is 2.50. The van der Waals surface area contributed by atoms with Crippen molar-refractivity contribution >= 4 is 46.1 Å². The number of rotatable bonds is 14. The van der Waals surface area contributed by atoms with E-state index in [1.807, 2.05) is 53.8 Å². The number of carboxylic acid groups (broad SMARTS) is 1.